The Morgan fingerprint density at radius 3 is 3.10 bits per heavy atom. The molecule has 0 saturated heterocycles. The van der Waals surface area contributed by atoms with Crippen molar-refractivity contribution in [2.45, 2.75) is 6.42 Å². The highest BCUT2D eigenvalue weighted by Gasteiger charge is 2.07. The minimum absolute atomic E-state index is 0.111. The van der Waals surface area contributed by atoms with E-state index < -0.39 is 0 Å². The molecule has 7 nitrogen and oxygen atoms in total. The molecule has 4 N–H and O–H groups in total. The van der Waals surface area contributed by atoms with Gasteiger partial charge in [0.1, 0.15) is 5.01 Å². The van der Waals surface area contributed by atoms with Crippen molar-refractivity contribution in [1.82, 2.24) is 20.6 Å². The highest BCUT2D eigenvalue weighted by atomic mass is 32.1. The Morgan fingerprint density at radius 2 is 2.29 bits per heavy atom. The Labute approximate surface area is 123 Å². The molecule has 0 aliphatic heterocycles. The van der Waals surface area contributed by atoms with Gasteiger partial charge >= 0.3 is 0 Å². The van der Waals surface area contributed by atoms with Gasteiger partial charge in [-0.3, -0.25) is 4.79 Å². The van der Waals surface area contributed by atoms with Gasteiger partial charge in [0.05, 0.1) is 12.6 Å². The van der Waals surface area contributed by atoms with Crippen LogP contribution in [-0.4, -0.2) is 27.3 Å². The summed E-state index contributed by atoms with van der Waals surface area (Å²) in [7, 11) is 0. The van der Waals surface area contributed by atoms with Crippen LogP contribution in [0.2, 0.25) is 0 Å². The molecule has 0 radical (unpaired) electrons. The van der Waals surface area contributed by atoms with Crippen molar-refractivity contribution in [3.05, 3.63) is 41.0 Å². The first-order valence-corrected chi connectivity index (χ1v) is 7.00. The van der Waals surface area contributed by atoms with Gasteiger partial charge in [-0.1, -0.05) is 29.5 Å². The monoisotopic (exact) mass is 300 g/mol. The molecule has 0 aliphatic carbocycles. The van der Waals surface area contributed by atoms with E-state index in [-0.39, 0.29) is 12.3 Å². The first kappa shape index (κ1) is 13.3. The van der Waals surface area contributed by atoms with Crippen molar-refractivity contribution >= 4 is 39.5 Å². The summed E-state index contributed by atoms with van der Waals surface area (Å²) in [4.78, 5) is 14.8. The minimum atomic E-state index is -0.262. The Kier molecular flexibility index (Phi) is 3.61. The number of hydrogen-bond donors (Lipinski definition) is 3. The largest absolute Gasteiger partial charge is 0.374 e. The second-order valence-corrected chi connectivity index (χ2v) is 5.39. The highest BCUT2D eigenvalue weighted by Crippen LogP contribution is 2.15. The molecule has 21 heavy (non-hydrogen) atoms. The van der Waals surface area contributed by atoms with E-state index in [0.717, 1.165) is 16.5 Å². The number of carbonyl (C=O) groups is 1. The second kappa shape index (κ2) is 5.71. The van der Waals surface area contributed by atoms with E-state index in [1.807, 2.05) is 30.5 Å². The third kappa shape index (κ3) is 3.06. The summed E-state index contributed by atoms with van der Waals surface area (Å²) in [5.41, 5.74) is 9.84. The summed E-state index contributed by atoms with van der Waals surface area (Å²) in [6.45, 7) is 0. The maximum atomic E-state index is 11.7. The van der Waals surface area contributed by atoms with Gasteiger partial charge in [0.15, 0.2) is 0 Å². The molecule has 3 aromatic rings. The number of aromatic amines is 1. The molecule has 0 fully saturated rings. The normalized spacial score (nSPS) is 11.2. The van der Waals surface area contributed by atoms with E-state index >= 15 is 0 Å². The number of anilines is 1. The number of nitrogens with one attached hydrogen (secondary N) is 2. The first-order valence-electron chi connectivity index (χ1n) is 6.18. The molecular weight excluding hydrogens is 288 g/mol. The number of benzene rings is 1. The van der Waals surface area contributed by atoms with Crippen molar-refractivity contribution in [3.8, 4) is 0 Å². The molecule has 2 heterocycles. The zero-order chi connectivity index (χ0) is 14.7. The average molecular weight is 300 g/mol. The number of hydrogen-bond acceptors (Lipinski definition) is 6. The van der Waals surface area contributed by atoms with Crippen LogP contribution < -0.4 is 11.2 Å². The second-order valence-electron chi connectivity index (χ2n) is 4.29. The van der Waals surface area contributed by atoms with Gasteiger partial charge in [-0.2, -0.15) is 5.10 Å². The molecule has 3 rings (SSSR count). The van der Waals surface area contributed by atoms with Gasteiger partial charge in [-0.25, -0.2) is 5.43 Å². The molecule has 1 aromatic carbocycles. The van der Waals surface area contributed by atoms with Crippen molar-refractivity contribution in [2.24, 2.45) is 5.10 Å². The van der Waals surface area contributed by atoms with Crippen molar-refractivity contribution in [2.75, 3.05) is 5.73 Å². The van der Waals surface area contributed by atoms with Gasteiger partial charge < -0.3 is 10.7 Å². The minimum Gasteiger partial charge on any atom is -0.374 e. The molecule has 0 aliphatic rings. The van der Waals surface area contributed by atoms with E-state index in [0.29, 0.717) is 10.1 Å². The van der Waals surface area contributed by atoms with Crippen molar-refractivity contribution in [1.29, 1.82) is 0 Å². The van der Waals surface area contributed by atoms with Gasteiger partial charge in [0.2, 0.25) is 11.0 Å². The fourth-order valence-corrected chi connectivity index (χ4v) is 2.50. The lowest BCUT2D eigenvalue weighted by Gasteiger charge is -1.95. The molecule has 0 spiro atoms. The number of amides is 1. The van der Waals surface area contributed by atoms with Crippen molar-refractivity contribution in [3.63, 3.8) is 0 Å². The molecule has 2 aromatic heterocycles. The van der Waals surface area contributed by atoms with Crippen LogP contribution >= 0.6 is 11.3 Å². The molecule has 0 bridgehead atoms. The van der Waals surface area contributed by atoms with Crippen LogP contribution in [0.1, 0.15) is 10.6 Å². The summed E-state index contributed by atoms with van der Waals surface area (Å²) in [6.07, 6.45) is 3.55. The molecule has 1 amide bonds. The maximum absolute atomic E-state index is 11.7. The lowest BCUT2D eigenvalue weighted by Crippen LogP contribution is -2.19. The van der Waals surface area contributed by atoms with Crippen LogP contribution in [0, 0.1) is 0 Å². The Hall–Kier alpha value is -2.74. The fraction of sp³-hybridized carbons (Fsp3) is 0.0769. The number of fused-ring (bicyclic) bond motifs is 1. The number of aromatic nitrogens is 3. The SMILES string of the molecule is Nc1nnc(CC(=O)NN=Cc2c[nH]c3ccccc23)s1. The number of carbonyl (C=O) groups excluding carboxylic acids is 1. The predicted octanol–water partition coefficient (Wildman–Crippen LogP) is 1.29. The summed E-state index contributed by atoms with van der Waals surface area (Å²) in [5.74, 6) is -0.262. The number of nitrogens with two attached hydrogens (primary N) is 1. The number of hydrazone groups is 1. The van der Waals surface area contributed by atoms with E-state index in [9.17, 15) is 4.79 Å². The number of nitrogens with zero attached hydrogens (tertiary/aromatic N) is 3. The fourth-order valence-electron chi connectivity index (χ4n) is 1.89. The predicted molar refractivity (Wildman–Crippen MR) is 82.1 cm³/mol. The van der Waals surface area contributed by atoms with Crippen LogP contribution in [0.4, 0.5) is 5.13 Å². The Morgan fingerprint density at radius 1 is 1.43 bits per heavy atom. The first-order chi connectivity index (χ1) is 10.2. The summed E-state index contributed by atoms with van der Waals surface area (Å²) in [5, 5.41) is 13.3. The van der Waals surface area contributed by atoms with Crippen LogP contribution in [-0.2, 0) is 11.2 Å². The molecule has 0 atom stereocenters. The van der Waals surface area contributed by atoms with Crippen LogP contribution in [0.5, 0.6) is 0 Å². The van der Waals surface area contributed by atoms with E-state index in [2.05, 4.69) is 25.7 Å². The quantitative estimate of drug-likeness (QED) is 0.498. The molecule has 8 heteroatoms. The van der Waals surface area contributed by atoms with Crippen LogP contribution in [0.15, 0.2) is 35.6 Å². The Bertz CT molecular complexity index is 806. The zero-order valence-corrected chi connectivity index (χ0v) is 11.7. The third-order valence-electron chi connectivity index (χ3n) is 2.81. The van der Waals surface area contributed by atoms with Gasteiger partial charge in [-0.05, 0) is 6.07 Å². The molecule has 0 unspecified atom stereocenters. The van der Waals surface area contributed by atoms with Gasteiger partial charge in [0, 0.05) is 22.7 Å². The van der Waals surface area contributed by atoms with E-state index in [1.165, 1.54) is 11.3 Å². The number of H-pyrrole nitrogens is 1. The number of para-hydroxylation sites is 1. The number of rotatable bonds is 4. The lowest BCUT2D eigenvalue weighted by atomic mass is 10.2. The summed E-state index contributed by atoms with van der Waals surface area (Å²) < 4.78 is 0. The summed E-state index contributed by atoms with van der Waals surface area (Å²) in [6, 6.07) is 7.87. The summed E-state index contributed by atoms with van der Waals surface area (Å²) >= 11 is 1.19. The number of nitrogen functional groups attached to an aromatic ring is 1. The van der Waals surface area contributed by atoms with Gasteiger partial charge in [0.25, 0.3) is 0 Å². The highest BCUT2D eigenvalue weighted by molar-refractivity contribution is 7.15. The third-order valence-corrected chi connectivity index (χ3v) is 3.56. The standard InChI is InChI=1S/C13H12N6OS/c14-13-19-18-12(21-13)5-11(20)17-16-7-8-6-15-10-4-2-1-3-9(8)10/h1-4,6-7,15H,5H2,(H2,14,19)(H,17,20). The van der Waals surface area contributed by atoms with Crippen molar-refractivity contribution < 1.29 is 4.79 Å². The van der Waals surface area contributed by atoms with E-state index in [1.54, 1.807) is 6.21 Å². The average Bonchev–Trinajstić information content (AvgIpc) is 3.06. The maximum Gasteiger partial charge on any atom is 0.247 e. The Balaban J connectivity index is 1.63. The zero-order valence-electron chi connectivity index (χ0n) is 10.9. The van der Waals surface area contributed by atoms with Crippen LogP contribution in [0.3, 0.4) is 0 Å². The lowest BCUT2D eigenvalue weighted by molar-refractivity contribution is -0.120. The van der Waals surface area contributed by atoms with E-state index in [4.69, 9.17) is 5.73 Å². The van der Waals surface area contributed by atoms with Crippen LogP contribution in [0.25, 0.3) is 10.9 Å². The molecule has 0 saturated carbocycles. The smallest absolute Gasteiger partial charge is 0.247 e. The molecular formula is C13H12N6OS. The molecule has 106 valence electrons. The topological polar surface area (TPSA) is 109 Å². The van der Waals surface area contributed by atoms with Gasteiger partial charge in [-0.15, -0.1) is 10.2 Å².